The number of nitrogens with one attached hydrogen (secondary N) is 1. The van der Waals surface area contributed by atoms with Crippen molar-refractivity contribution in [1.82, 2.24) is 10.2 Å². The highest BCUT2D eigenvalue weighted by Gasteiger charge is 2.36. The highest BCUT2D eigenvalue weighted by atomic mass is 35.5. The number of halogens is 1. The molecule has 1 aromatic rings. The Balaban J connectivity index is 1.93. The minimum atomic E-state index is -0.895. The number of carbonyl (C=O) groups is 1. The lowest BCUT2D eigenvalue weighted by atomic mass is 10.0. The van der Waals surface area contributed by atoms with E-state index in [1.54, 1.807) is 7.05 Å². The van der Waals surface area contributed by atoms with E-state index in [9.17, 15) is 9.90 Å². The van der Waals surface area contributed by atoms with Gasteiger partial charge in [0.2, 0.25) is 0 Å². The van der Waals surface area contributed by atoms with Crippen molar-refractivity contribution in [2.24, 2.45) is 5.41 Å². The number of likely N-dealkylation sites (N-methyl/N-ethyl adjacent to an activating group) is 1. The molecule has 1 aliphatic carbocycles. The second kappa shape index (κ2) is 6.67. The van der Waals surface area contributed by atoms with Gasteiger partial charge in [0.05, 0.1) is 6.04 Å². The molecule has 1 fully saturated rings. The number of nitrogens with zero attached hydrogens (tertiary/aromatic N) is 1. The van der Waals surface area contributed by atoms with E-state index in [0.29, 0.717) is 23.4 Å². The quantitative estimate of drug-likeness (QED) is 0.813. The van der Waals surface area contributed by atoms with Gasteiger partial charge in [0, 0.05) is 25.2 Å². The first kappa shape index (κ1) is 16.1. The predicted molar refractivity (Wildman–Crippen MR) is 84.9 cm³/mol. The minimum Gasteiger partial charge on any atom is -0.465 e. The van der Waals surface area contributed by atoms with Crippen LogP contribution in [-0.4, -0.2) is 42.3 Å². The van der Waals surface area contributed by atoms with Crippen LogP contribution in [0.3, 0.4) is 0 Å². The lowest BCUT2D eigenvalue weighted by Crippen LogP contribution is -2.45. The average molecular weight is 311 g/mol. The lowest BCUT2D eigenvalue weighted by Gasteiger charge is -2.27. The van der Waals surface area contributed by atoms with Crippen molar-refractivity contribution in [3.63, 3.8) is 0 Å². The van der Waals surface area contributed by atoms with Crippen molar-refractivity contribution in [1.29, 1.82) is 0 Å². The highest BCUT2D eigenvalue weighted by Crippen LogP contribution is 2.43. The van der Waals surface area contributed by atoms with E-state index in [1.807, 2.05) is 24.3 Å². The first-order valence-electron chi connectivity index (χ1n) is 7.30. The maximum atomic E-state index is 11.2. The molecule has 0 spiro atoms. The molecular formula is C16H23ClN2O2. The van der Waals surface area contributed by atoms with Crippen LogP contribution in [0.2, 0.25) is 5.02 Å². The SMILES string of the molecule is CN(C(=O)O)[C@@H](CNCC1(C)CC1)Cc1ccc(Cl)cc1. The van der Waals surface area contributed by atoms with Crippen molar-refractivity contribution in [3.05, 3.63) is 34.9 Å². The Kier molecular flexibility index (Phi) is 5.12. The van der Waals surface area contributed by atoms with Crippen LogP contribution in [0.25, 0.3) is 0 Å². The number of rotatable bonds is 7. The van der Waals surface area contributed by atoms with Crippen molar-refractivity contribution < 1.29 is 9.90 Å². The van der Waals surface area contributed by atoms with Gasteiger partial charge >= 0.3 is 6.09 Å². The largest absolute Gasteiger partial charge is 0.465 e. The van der Waals surface area contributed by atoms with E-state index in [2.05, 4.69) is 12.2 Å². The molecule has 5 heteroatoms. The molecule has 1 aromatic carbocycles. The third kappa shape index (κ3) is 4.90. The number of amides is 1. The molecule has 1 aliphatic rings. The van der Waals surface area contributed by atoms with Crippen LogP contribution in [0.5, 0.6) is 0 Å². The van der Waals surface area contributed by atoms with E-state index in [0.717, 1.165) is 12.1 Å². The molecule has 0 bridgehead atoms. The maximum Gasteiger partial charge on any atom is 0.407 e. The molecule has 0 unspecified atom stereocenters. The molecule has 0 aromatic heterocycles. The maximum absolute atomic E-state index is 11.2. The van der Waals surface area contributed by atoms with Gasteiger partial charge < -0.3 is 15.3 Å². The van der Waals surface area contributed by atoms with Gasteiger partial charge in [-0.1, -0.05) is 30.7 Å². The fraction of sp³-hybridized carbons (Fsp3) is 0.562. The number of benzene rings is 1. The summed E-state index contributed by atoms with van der Waals surface area (Å²) in [6.45, 7) is 3.88. The summed E-state index contributed by atoms with van der Waals surface area (Å²) in [4.78, 5) is 12.6. The molecule has 0 saturated heterocycles. The van der Waals surface area contributed by atoms with Gasteiger partial charge in [-0.2, -0.15) is 0 Å². The fourth-order valence-electron chi connectivity index (χ4n) is 2.33. The summed E-state index contributed by atoms with van der Waals surface area (Å²) in [5.74, 6) is 0. The Morgan fingerprint density at radius 1 is 1.43 bits per heavy atom. The molecule has 2 rings (SSSR count). The Bertz CT molecular complexity index is 486. The Morgan fingerprint density at radius 3 is 2.57 bits per heavy atom. The fourth-order valence-corrected chi connectivity index (χ4v) is 2.45. The normalized spacial score (nSPS) is 17.3. The van der Waals surface area contributed by atoms with Crippen LogP contribution in [0.15, 0.2) is 24.3 Å². The standard InChI is InChI=1S/C16H23ClN2O2/c1-16(7-8-16)11-18-10-14(19(2)15(20)21)9-12-3-5-13(17)6-4-12/h3-6,14,18H,7-11H2,1-2H3,(H,20,21)/t14-/m1/s1. The molecule has 116 valence electrons. The average Bonchev–Trinajstić information content (AvgIpc) is 3.17. The van der Waals surface area contributed by atoms with Crippen molar-refractivity contribution in [2.45, 2.75) is 32.2 Å². The van der Waals surface area contributed by atoms with E-state index >= 15 is 0 Å². The Hall–Kier alpha value is -1.26. The summed E-state index contributed by atoms with van der Waals surface area (Å²) in [5.41, 5.74) is 1.52. The second-order valence-corrected chi connectivity index (χ2v) is 6.76. The molecule has 2 N–H and O–H groups in total. The molecule has 0 aliphatic heterocycles. The summed E-state index contributed by atoms with van der Waals surface area (Å²) in [7, 11) is 1.63. The van der Waals surface area contributed by atoms with Gasteiger partial charge in [0.25, 0.3) is 0 Å². The molecule has 1 saturated carbocycles. The van der Waals surface area contributed by atoms with Crippen molar-refractivity contribution in [2.75, 3.05) is 20.1 Å². The van der Waals surface area contributed by atoms with E-state index in [4.69, 9.17) is 11.6 Å². The summed E-state index contributed by atoms with van der Waals surface area (Å²) in [6, 6.07) is 7.51. The number of hydrogen-bond donors (Lipinski definition) is 2. The number of hydrogen-bond acceptors (Lipinski definition) is 2. The predicted octanol–water partition coefficient (Wildman–Crippen LogP) is 3.25. The van der Waals surface area contributed by atoms with E-state index < -0.39 is 6.09 Å². The molecule has 1 amide bonds. The molecule has 0 radical (unpaired) electrons. The van der Waals surface area contributed by atoms with Crippen LogP contribution >= 0.6 is 11.6 Å². The lowest BCUT2D eigenvalue weighted by molar-refractivity contribution is 0.137. The monoisotopic (exact) mass is 310 g/mol. The van der Waals surface area contributed by atoms with Crippen LogP contribution in [0, 0.1) is 5.41 Å². The third-order valence-corrected chi connectivity index (χ3v) is 4.52. The van der Waals surface area contributed by atoms with E-state index in [1.165, 1.54) is 17.7 Å². The zero-order valence-corrected chi connectivity index (χ0v) is 13.4. The summed E-state index contributed by atoms with van der Waals surface area (Å²) < 4.78 is 0. The van der Waals surface area contributed by atoms with Gasteiger partial charge in [-0.05, 0) is 42.4 Å². The Labute approximate surface area is 131 Å². The van der Waals surface area contributed by atoms with Gasteiger partial charge in [-0.25, -0.2) is 4.79 Å². The van der Waals surface area contributed by atoms with Crippen LogP contribution in [0.4, 0.5) is 4.79 Å². The second-order valence-electron chi connectivity index (χ2n) is 6.32. The van der Waals surface area contributed by atoms with Gasteiger partial charge in [0.15, 0.2) is 0 Å². The van der Waals surface area contributed by atoms with Crippen LogP contribution < -0.4 is 5.32 Å². The molecule has 1 atom stereocenters. The minimum absolute atomic E-state index is 0.0778. The molecular weight excluding hydrogens is 288 g/mol. The zero-order chi connectivity index (χ0) is 15.5. The third-order valence-electron chi connectivity index (χ3n) is 4.27. The highest BCUT2D eigenvalue weighted by molar-refractivity contribution is 6.30. The zero-order valence-electron chi connectivity index (χ0n) is 12.6. The van der Waals surface area contributed by atoms with Crippen molar-refractivity contribution >= 4 is 17.7 Å². The number of carboxylic acid groups (broad SMARTS) is 1. The van der Waals surface area contributed by atoms with E-state index in [-0.39, 0.29) is 6.04 Å². The smallest absolute Gasteiger partial charge is 0.407 e. The molecule has 21 heavy (non-hydrogen) atoms. The molecule has 0 heterocycles. The van der Waals surface area contributed by atoms with Crippen LogP contribution in [0.1, 0.15) is 25.3 Å². The summed E-state index contributed by atoms with van der Waals surface area (Å²) in [6.07, 6.45) is 2.31. The molecule has 4 nitrogen and oxygen atoms in total. The first-order valence-corrected chi connectivity index (χ1v) is 7.68. The van der Waals surface area contributed by atoms with Gasteiger partial charge in [-0.15, -0.1) is 0 Å². The van der Waals surface area contributed by atoms with Gasteiger partial charge in [0.1, 0.15) is 0 Å². The topological polar surface area (TPSA) is 52.6 Å². The van der Waals surface area contributed by atoms with Gasteiger partial charge in [-0.3, -0.25) is 0 Å². The van der Waals surface area contributed by atoms with Crippen LogP contribution in [-0.2, 0) is 6.42 Å². The van der Waals surface area contributed by atoms with Crippen molar-refractivity contribution in [3.8, 4) is 0 Å². The summed E-state index contributed by atoms with van der Waals surface area (Å²) >= 11 is 5.89. The summed E-state index contributed by atoms with van der Waals surface area (Å²) in [5, 5.41) is 13.3. The Morgan fingerprint density at radius 2 is 2.05 bits per heavy atom. The first-order chi connectivity index (χ1) is 9.89.